The second kappa shape index (κ2) is 11.8. The Morgan fingerprint density at radius 1 is 0.389 bits per heavy atom. The Morgan fingerprint density at radius 3 is 1.85 bits per heavy atom. The van der Waals surface area contributed by atoms with E-state index in [0.29, 0.717) is 0 Å². The van der Waals surface area contributed by atoms with E-state index in [1.54, 1.807) is 0 Å². The second-order valence-electron chi connectivity index (χ2n) is 14.6. The first-order chi connectivity index (χ1) is 26.7. The summed E-state index contributed by atoms with van der Waals surface area (Å²) in [5.74, 6) is 0. The number of fused-ring (bicyclic) bond motifs is 9. The van der Waals surface area contributed by atoms with Crippen LogP contribution in [0.1, 0.15) is 23.6 Å². The van der Waals surface area contributed by atoms with E-state index >= 15 is 0 Å². The molecule has 0 bridgehead atoms. The number of benzene rings is 9. The van der Waals surface area contributed by atoms with Crippen LogP contribution in [0.2, 0.25) is 0 Å². The van der Waals surface area contributed by atoms with Crippen molar-refractivity contribution >= 4 is 60.5 Å². The Balaban J connectivity index is 1.19. The third-order valence-corrected chi connectivity index (χ3v) is 11.7. The number of anilines is 3. The number of hydrogen-bond acceptors (Lipinski definition) is 2. The van der Waals surface area contributed by atoms with Gasteiger partial charge in [-0.25, -0.2) is 0 Å². The second-order valence-corrected chi connectivity index (χ2v) is 14.6. The molecule has 1 aromatic heterocycles. The highest BCUT2D eigenvalue weighted by atomic mass is 16.3. The van der Waals surface area contributed by atoms with Crippen LogP contribution in [0.4, 0.5) is 17.1 Å². The zero-order valence-electron chi connectivity index (χ0n) is 29.8. The van der Waals surface area contributed by atoms with E-state index in [-0.39, 0.29) is 5.41 Å². The Hall–Kier alpha value is -6.90. The van der Waals surface area contributed by atoms with E-state index in [2.05, 4.69) is 206 Å². The lowest BCUT2D eigenvalue weighted by Crippen LogP contribution is -2.23. The van der Waals surface area contributed by atoms with Gasteiger partial charge in [0.25, 0.3) is 0 Å². The lowest BCUT2D eigenvalue weighted by molar-refractivity contribution is 0.674. The normalized spacial score (nSPS) is 14.8. The lowest BCUT2D eigenvalue weighted by Gasteiger charge is -2.32. The fourth-order valence-corrected chi connectivity index (χ4v) is 9.15. The number of para-hydroxylation sites is 2. The van der Waals surface area contributed by atoms with Crippen molar-refractivity contribution in [3.8, 4) is 22.3 Å². The van der Waals surface area contributed by atoms with Gasteiger partial charge in [0.1, 0.15) is 11.2 Å². The summed E-state index contributed by atoms with van der Waals surface area (Å²) in [6.07, 6.45) is 0. The minimum atomic E-state index is -0.324. The minimum absolute atomic E-state index is 0.324. The molecule has 254 valence electrons. The van der Waals surface area contributed by atoms with Crippen molar-refractivity contribution in [2.75, 3.05) is 4.90 Å². The van der Waals surface area contributed by atoms with Gasteiger partial charge in [-0.3, -0.25) is 0 Å². The first-order valence-electron chi connectivity index (χ1n) is 18.7. The summed E-state index contributed by atoms with van der Waals surface area (Å²) in [7, 11) is 0. The predicted molar refractivity (Wildman–Crippen MR) is 226 cm³/mol. The molecule has 1 unspecified atom stereocenters. The average molecular weight is 690 g/mol. The van der Waals surface area contributed by atoms with Crippen LogP contribution < -0.4 is 4.90 Å². The fraction of sp³-hybridized carbons (Fsp3) is 0.0385. The van der Waals surface area contributed by atoms with E-state index < -0.39 is 0 Å². The Labute approximate surface area is 314 Å². The molecular weight excluding hydrogens is 655 g/mol. The minimum Gasteiger partial charge on any atom is -0.455 e. The summed E-state index contributed by atoms with van der Waals surface area (Å²) in [6.45, 7) is 2.39. The molecule has 54 heavy (non-hydrogen) atoms. The average Bonchev–Trinajstić information content (AvgIpc) is 3.75. The molecule has 0 fully saturated rings. The molecule has 9 aromatic carbocycles. The van der Waals surface area contributed by atoms with E-state index in [0.717, 1.165) is 55.5 Å². The number of nitrogens with zero attached hydrogens (tertiary/aromatic N) is 1. The van der Waals surface area contributed by atoms with Gasteiger partial charge in [0.05, 0.1) is 11.4 Å². The van der Waals surface area contributed by atoms with Crippen molar-refractivity contribution in [3.63, 3.8) is 0 Å². The van der Waals surface area contributed by atoms with Crippen molar-refractivity contribution in [3.05, 3.63) is 211 Å². The van der Waals surface area contributed by atoms with Crippen molar-refractivity contribution in [2.45, 2.75) is 12.3 Å². The molecule has 2 heteroatoms. The third kappa shape index (κ3) is 4.41. The molecule has 1 heterocycles. The maximum atomic E-state index is 6.92. The monoisotopic (exact) mass is 689 g/mol. The summed E-state index contributed by atoms with van der Waals surface area (Å²) in [5, 5.41) is 6.95. The van der Waals surface area contributed by atoms with Gasteiger partial charge in [-0.2, -0.15) is 0 Å². The van der Waals surface area contributed by atoms with Gasteiger partial charge in [-0.15, -0.1) is 0 Å². The van der Waals surface area contributed by atoms with Crippen molar-refractivity contribution in [1.29, 1.82) is 0 Å². The molecule has 0 amide bonds. The van der Waals surface area contributed by atoms with Crippen LogP contribution in [0.25, 0.3) is 65.7 Å². The van der Waals surface area contributed by atoms with Crippen LogP contribution in [0.15, 0.2) is 199 Å². The Morgan fingerprint density at radius 2 is 0.981 bits per heavy atom. The van der Waals surface area contributed by atoms with Crippen LogP contribution in [-0.2, 0) is 5.41 Å². The van der Waals surface area contributed by atoms with E-state index in [1.807, 2.05) is 0 Å². The quantitative estimate of drug-likeness (QED) is 0.179. The predicted octanol–water partition coefficient (Wildman–Crippen LogP) is 14.4. The molecule has 11 rings (SSSR count). The molecule has 0 saturated heterocycles. The van der Waals surface area contributed by atoms with Crippen molar-refractivity contribution in [1.82, 2.24) is 0 Å². The molecule has 10 aromatic rings. The maximum Gasteiger partial charge on any atom is 0.143 e. The summed E-state index contributed by atoms with van der Waals surface area (Å²) in [5.41, 5.74) is 13.5. The van der Waals surface area contributed by atoms with Crippen molar-refractivity contribution in [2.24, 2.45) is 0 Å². The van der Waals surface area contributed by atoms with Gasteiger partial charge >= 0.3 is 0 Å². The summed E-state index contributed by atoms with van der Waals surface area (Å²) in [4.78, 5) is 2.46. The van der Waals surface area contributed by atoms with E-state index in [9.17, 15) is 0 Å². The molecule has 0 saturated carbocycles. The van der Waals surface area contributed by atoms with Crippen LogP contribution >= 0.6 is 0 Å². The van der Waals surface area contributed by atoms with Crippen molar-refractivity contribution < 1.29 is 4.42 Å². The van der Waals surface area contributed by atoms with E-state index in [4.69, 9.17) is 4.42 Å². The molecule has 1 atom stereocenters. The smallest absolute Gasteiger partial charge is 0.143 e. The van der Waals surface area contributed by atoms with Crippen LogP contribution in [0.5, 0.6) is 0 Å². The number of hydrogen-bond donors (Lipinski definition) is 0. The summed E-state index contributed by atoms with van der Waals surface area (Å²) >= 11 is 0. The fourth-order valence-electron chi connectivity index (χ4n) is 9.15. The standard InChI is InChI=1S/C52H35NO/c1-52(36-18-3-2-4-19-36)46-26-11-9-22-40(46)41-32-30-37(33-47(41)52)53(48-28-13-17-34-15-5-7-20-38(34)48)49-27-12-10-23-42(49)43-24-14-25-44-45-31-29-35-16-6-8-21-39(35)50(45)54-51(43)44/h2-33H,1H3. The SMILES string of the molecule is CC1(c2ccccc2)c2ccccc2-c2ccc(N(c3ccccc3-c3cccc4c3oc3c5ccccc5ccc43)c3cccc4ccccc34)cc21. The topological polar surface area (TPSA) is 16.4 Å². The zero-order chi connectivity index (χ0) is 35.8. The number of furan rings is 1. The summed E-state index contributed by atoms with van der Waals surface area (Å²) in [6, 6.07) is 70.5. The molecule has 2 nitrogen and oxygen atoms in total. The highest BCUT2D eigenvalue weighted by Crippen LogP contribution is 2.55. The van der Waals surface area contributed by atoms with Gasteiger partial charge < -0.3 is 9.32 Å². The molecule has 0 radical (unpaired) electrons. The Bertz CT molecular complexity index is 3080. The highest BCUT2D eigenvalue weighted by molar-refractivity contribution is 6.18. The Kier molecular flexibility index (Phi) is 6.72. The molecule has 1 aliphatic rings. The highest BCUT2D eigenvalue weighted by Gasteiger charge is 2.41. The van der Waals surface area contributed by atoms with E-state index in [1.165, 1.54) is 44.0 Å². The maximum absolute atomic E-state index is 6.92. The third-order valence-electron chi connectivity index (χ3n) is 11.7. The van der Waals surface area contributed by atoms with Crippen LogP contribution in [0.3, 0.4) is 0 Å². The van der Waals surface area contributed by atoms with Gasteiger partial charge in [0, 0.05) is 43.8 Å². The first-order valence-corrected chi connectivity index (χ1v) is 18.7. The van der Waals surface area contributed by atoms with Gasteiger partial charge in [0.2, 0.25) is 0 Å². The van der Waals surface area contributed by atoms with Crippen LogP contribution in [0, 0.1) is 0 Å². The number of rotatable bonds is 5. The van der Waals surface area contributed by atoms with Gasteiger partial charge in [0.15, 0.2) is 0 Å². The lowest BCUT2D eigenvalue weighted by atomic mass is 9.74. The molecule has 1 aliphatic carbocycles. The van der Waals surface area contributed by atoms with Gasteiger partial charge in [-0.05, 0) is 75.8 Å². The molecule has 0 aliphatic heterocycles. The first kappa shape index (κ1) is 30.7. The van der Waals surface area contributed by atoms with Gasteiger partial charge in [-0.1, -0.05) is 164 Å². The largest absolute Gasteiger partial charge is 0.455 e. The molecule has 0 N–H and O–H groups in total. The molecular formula is C52H35NO. The molecule has 0 spiro atoms. The zero-order valence-corrected chi connectivity index (χ0v) is 29.8. The summed E-state index contributed by atoms with van der Waals surface area (Å²) < 4.78 is 6.92. The van der Waals surface area contributed by atoms with Crippen LogP contribution in [-0.4, -0.2) is 0 Å².